The number of piperidine rings is 1. The van der Waals surface area contributed by atoms with Gasteiger partial charge in [0.1, 0.15) is 0 Å². The van der Waals surface area contributed by atoms with E-state index >= 15 is 0 Å². The van der Waals surface area contributed by atoms with Crippen LogP contribution in [0.3, 0.4) is 0 Å². The van der Waals surface area contributed by atoms with Crippen LogP contribution in [-0.2, 0) is 9.53 Å². The van der Waals surface area contributed by atoms with Crippen molar-refractivity contribution < 1.29 is 9.53 Å². The van der Waals surface area contributed by atoms with Crippen molar-refractivity contribution in [3.05, 3.63) is 67.0 Å². The van der Waals surface area contributed by atoms with E-state index in [4.69, 9.17) is 4.74 Å². The highest BCUT2D eigenvalue weighted by Crippen LogP contribution is 2.25. The minimum atomic E-state index is -0.0879. The Hall–Kier alpha value is -3.45. The van der Waals surface area contributed by atoms with Crippen LogP contribution in [0.4, 0.5) is 17.3 Å². The van der Waals surface area contributed by atoms with Crippen molar-refractivity contribution in [1.29, 1.82) is 0 Å². The van der Waals surface area contributed by atoms with Crippen molar-refractivity contribution in [3.63, 3.8) is 0 Å². The van der Waals surface area contributed by atoms with Gasteiger partial charge >= 0.3 is 0 Å². The van der Waals surface area contributed by atoms with Gasteiger partial charge in [-0.15, -0.1) is 0 Å². The van der Waals surface area contributed by atoms with Gasteiger partial charge in [-0.25, -0.2) is 9.97 Å². The number of ether oxygens (including phenoxy) is 1. The number of nitrogens with one attached hydrogen (secondary N) is 1. The van der Waals surface area contributed by atoms with Crippen LogP contribution < -0.4 is 15.1 Å². The fraction of sp³-hybridized carbons (Fsp3) is 0.346. The molecule has 0 radical (unpaired) electrons. The molecule has 5 rings (SSSR count). The summed E-state index contributed by atoms with van der Waals surface area (Å²) >= 11 is 0. The lowest BCUT2D eigenvalue weighted by Gasteiger charge is -2.32. The van der Waals surface area contributed by atoms with Gasteiger partial charge in [-0.2, -0.15) is 0 Å². The number of morpholine rings is 1. The molecule has 170 valence electrons. The molecule has 1 aromatic heterocycles. The van der Waals surface area contributed by atoms with Crippen LogP contribution in [0.2, 0.25) is 0 Å². The van der Waals surface area contributed by atoms with E-state index in [1.54, 1.807) is 0 Å². The largest absolute Gasteiger partial charge is 0.378 e. The summed E-state index contributed by atoms with van der Waals surface area (Å²) < 4.78 is 5.42. The molecule has 3 aromatic rings. The monoisotopic (exact) mass is 443 g/mol. The van der Waals surface area contributed by atoms with Gasteiger partial charge in [0.2, 0.25) is 11.9 Å². The quantitative estimate of drug-likeness (QED) is 0.646. The highest BCUT2D eigenvalue weighted by Gasteiger charge is 2.27. The number of anilines is 3. The third-order valence-corrected chi connectivity index (χ3v) is 6.33. The average molecular weight is 444 g/mol. The Bertz CT molecular complexity index is 1050. The van der Waals surface area contributed by atoms with Gasteiger partial charge in [0, 0.05) is 55.5 Å². The molecule has 2 aliphatic rings. The molecule has 0 saturated carbocycles. The number of carbonyl (C=O) groups excluding carboxylic acids is 1. The summed E-state index contributed by atoms with van der Waals surface area (Å²) in [5.74, 6) is 0.650. The smallest absolute Gasteiger partial charge is 0.229 e. The van der Waals surface area contributed by atoms with Gasteiger partial charge in [0.25, 0.3) is 0 Å². The van der Waals surface area contributed by atoms with E-state index in [9.17, 15) is 4.79 Å². The molecule has 0 bridgehead atoms. The van der Waals surface area contributed by atoms with Crippen molar-refractivity contribution >= 4 is 23.2 Å². The Morgan fingerprint density at radius 2 is 1.61 bits per heavy atom. The number of aromatic nitrogens is 2. The van der Waals surface area contributed by atoms with Gasteiger partial charge < -0.3 is 19.9 Å². The number of rotatable bonds is 5. The minimum Gasteiger partial charge on any atom is -0.378 e. The van der Waals surface area contributed by atoms with E-state index in [0.717, 1.165) is 68.2 Å². The Balaban J connectivity index is 1.19. The van der Waals surface area contributed by atoms with Crippen molar-refractivity contribution in [2.45, 2.75) is 12.8 Å². The first-order chi connectivity index (χ1) is 16.3. The van der Waals surface area contributed by atoms with Crippen molar-refractivity contribution in [3.8, 4) is 11.1 Å². The second-order valence-electron chi connectivity index (χ2n) is 8.56. The van der Waals surface area contributed by atoms with Crippen molar-refractivity contribution in [2.75, 3.05) is 54.5 Å². The molecule has 2 aromatic carbocycles. The number of hydrogen-bond acceptors (Lipinski definition) is 6. The van der Waals surface area contributed by atoms with Crippen molar-refractivity contribution in [1.82, 2.24) is 9.97 Å². The Kier molecular flexibility index (Phi) is 6.48. The van der Waals surface area contributed by atoms with Gasteiger partial charge in [-0.3, -0.25) is 4.79 Å². The van der Waals surface area contributed by atoms with Crippen LogP contribution >= 0.6 is 0 Å². The molecule has 1 atom stereocenters. The molecule has 0 spiro atoms. The van der Waals surface area contributed by atoms with Gasteiger partial charge in [-0.1, -0.05) is 30.3 Å². The lowest BCUT2D eigenvalue weighted by atomic mass is 9.97. The van der Waals surface area contributed by atoms with Gasteiger partial charge in [-0.05, 0) is 42.7 Å². The van der Waals surface area contributed by atoms with Crippen LogP contribution in [0.1, 0.15) is 12.8 Å². The highest BCUT2D eigenvalue weighted by atomic mass is 16.5. The van der Waals surface area contributed by atoms with Crippen LogP contribution in [0.5, 0.6) is 0 Å². The fourth-order valence-electron chi connectivity index (χ4n) is 4.46. The van der Waals surface area contributed by atoms with E-state index in [2.05, 4.69) is 37.2 Å². The van der Waals surface area contributed by atoms with E-state index in [0.29, 0.717) is 12.5 Å². The number of hydrogen-bond donors (Lipinski definition) is 1. The number of amides is 1. The average Bonchev–Trinajstić information content (AvgIpc) is 2.90. The number of nitrogens with zero attached hydrogens (tertiary/aromatic N) is 4. The molecule has 2 aliphatic heterocycles. The Labute approximate surface area is 194 Å². The van der Waals surface area contributed by atoms with E-state index < -0.39 is 0 Å². The summed E-state index contributed by atoms with van der Waals surface area (Å²) in [4.78, 5) is 26.5. The summed E-state index contributed by atoms with van der Waals surface area (Å²) in [7, 11) is 0. The topological polar surface area (TPSA) is 70.6 Å². The molecule has 2 fully saturated rings. The second-order valence-corrected chi connectivity index (χ2v) is 8.56. The van der Waals surface area contributed by atoms with Gasteiger partial charge in [0.15, 0.2) is 0 Å². The van der Waals surface area contributed by atoms with Gasteiger partial charge in [0.05, 0.1) is 19.1 Å². The maximum absolute atomic E-state index is 13.0. The summed E-state index contributed by atoms with van der Waals surface area (Å²) in [6, 6.07) is 18.2. The zero-order chi connectivity index (χ0) is 22.5. The molecule has 0 aliphatic carbocycles. The molecule has 2 saturated heterocycles. The summed E-state index contributed by atoms with van der Waals surface area (Å²) in [5, 5.41) is 3.09. The lowest BCUT2D eigenvalue weighted by Crippen LogP contribution is -2.41. The molecule has 7 nitrogen and oxygen atoms in total. The summed E-state index contributed by atoms with van der Waals surface area (Å²) in [6.07, 6.45) is 5.53. The first kappa shape index (κ1) is 21.4. The summed E-state index contributed by atoms with van der Waals surface area (Å²) in [5.41, 5.74) is 4.08. The zero-order valence-electron chi connectivity index (χ0n) is 18.7. The Morgan fingerprint density at radius 1 is 0.879 bits per heavy atom. The predicted molar refractivity (Wildman–Crippen MR) is 131 cm³/mol. The highest BCUT2D eigenvalue weighted by molar-refractivity contribution is 5.93. The van der Waals surface area contributed by atoms with E-state index in [-0.39, 0.29) is 11.8 Å². The SMILES string of the molecule is O=C(Nc1ccc(N2CCOCC2)cc1)[C@H]1CCCN(c2ncc(-c3ccccc3)cn2)C1. The second kappa shape index (κ2) is 10.0. The molecule has 33 heavy (non-hydrogen) atoms. The maximum atomic E-state index is 13.0. The minimum absolute atomic E-state index is 0.0553. The first-order valence-corrected chi connectivity index (χ1v) is 11.6. The lowest BCUT2D eigenvalue weighted by molar-refractivity contribution is -0.120. The first-order valence-electron chi connectivity index (χ1n) is 11.6. The van der Waals surface area contributed by atoms with Crippen molar-refractivity contribution in [2.24, 2.45) is 5.92 Å². The molecule has 3 heterocycles. The zero-order valence-corrected chi connectivity index (χ0v) is 18.7. The van der Waals surface area contributed by atoms with Crippen LogP contribution in [0.15, 0.2) is 67.0 Å². The third-order valence-electron chi connectivity index (χ3n) is 6.33. The molecular weight excluding hydrogens is 414 g/mol. The standard InChI is InChI=1S/C26H29N5O2/c32-25(29-23-8-10-24(11-9-23)30-13-15-33-16-14-30)21-7-4-12-31(19-21)26-27-17-22(18-28-26)20-5-2-1-3-6-20/h1-3,5-6,8-11,17-18,21H,4,7,12-16,19H2,(H,29,32)/t21-/m0/s1. The third kappa shape index (κ3) is 5.14. The fourth-order valence-corrected chi connectivity index (χ4v) is 4.46. The normalized spacial score (nSPS) is 18.7. The summed E-state index contributed by atoms with van der Waals surface area (Å²) in [6.45, 7) is 4.81. The van der Waals surface area contributed by atoms with Crippen LogP contribution in [0.25, 0.3) is 11.1 Å². The molecule has 7 heteroatoms. The van der Waals surface area contributed by atoms with E-state index in [1.165, 1.54) is 0 Å². The molecule has 1 amide bonds. The number of benzene rings is 2. The molecular formula is C26H29N5O2. The molecule has 1 N–H and O–H groups in total. The maximum Gasteiger partial charge on any atom is 0.229 e. The molecule has 0 unspecified atom stereocenters. The van der Waals surface area contributed by atoms with Crippen LogP contribution in [0, 0.1) is 5.92 Å². The Morgan fingerprint density at radius 3 is 2.33 bits per heavy atom. The van der Waals surface area contributed by atoms with E-state index in [1.807, 2.05) is 54.9 Å². The predicted octanol–water partition coefficient (Wildman–Crippen LogP) is 3.84. The van der Waals surface area contributed by atoms with Crippen LogP contribution in [-0.4, -0.2) is 55.3 Å². The number of carbonyl (C=O) groups is 1.